The van der Waals surface area contributed by atoms with Gasteiger partial charge in [-0.25, -0.2) is 0 Å². The number of aryl methyl sites for hydroxylation is 1. The van der Waals surface area contributed by atoms with E-state index in [0.29, 0.717) is 6.54 Å². The molecule has 0 amide bonds. The number of nitrogens with zero attached hydrogens (tertiary/aromatic N) is 2. The maximum Gasteiger partial charge on any atom is 0.191 e. The first-order valence-electron chi connectivity index (χ1n) is 8.65. The molecule has 0 aliphatic heterocycles. The molecular formula is C21H24N4. The number of benzene rings is 2. The quantitative estimate of drug-likeness (QED) is 0.554. The fourth-order valence-electron chi connectivity index (χ4n) is 2.96. The smallest absolute Gasteiger partial charge is 0.191 e. The third-order valence-corrected chi connectivity index (χ3v) is 4.35. The number of aliphatic imine (C=N–C) groups is 1. The molecule has 2 aromatic carbocycles. The number of aromatic nitrogens is 1. The Morgan fingerprint density at radius 1 is 0.920 bits per heavy atom. The fourth-order valence-corrected chi connectivity index (χ4v) is 2.96. The molecule has 2 N–H and O–H groups in total. The van der Waals surface area contributed by atoms with Gasteiger partial charge in [-0.05, 0) is 29.0 Å². The van der Waals surface area contributed by atoms with Crippen molar-refractivity contribution in [2.75, 3.05) is 7.05 Å². The number of nitrogens with one attached hydrogen (secondary N) is 2. The Morgan fingerprint density at radius 3 is 2.44 bits per heavy atom. The Labute approximate surface area is 149 Å². The second kappa shape index (κ2) is 8.29. The second-order valence-corrected chi connectivity index (χ2v) is 5.88. The zero-order valence-electron chi connectivity index (χ0n) is 14.8. The van der Waals surface area contributed by atoms with E-state index in [-0.39, 0.29) is 0 Å². The van der Waals surface area contributed by atoms with Crippen molar-refractivity contribution in [1.82, 2.24) is 15.6 Å². The third kappa shape index (κ3) is 4.15. The van der Waals surface area contributed by atoms with Crippen molar-refractivity contribution in [1.29, 1.82) is 0 Å². The molecular weight excluding hydrogens is 308 g/mol. The Hall–Kier alpha value is -2.88. The van der Waals surface area contributed by atoms with Crippen LogP contribution in [0.1, 0.15) is 23.7 Å². The standard InChI is InChI=1S/C21H24N4/c1-3-16-8-4-5-10-18(16)14-24-21(22-2)25-15-20-19-11-7-6-9-17(19)12-13-23-20/h4-13H,3,14-15H2,1-2H3,(H2,22,24,25). The molecule has 3 rings (SSSR count). The molecule has 0 atom stereocenters. The summed E-state index contributed by atoms with van der Waals surface area (Å²) >= 11 is 0. The Bertz CT molecular complexity index is 865. The summed E-state index contributed by atoms with van der Waals surface area (Å²) in [6.45, 7) is 3.57. The van der Waals surface area contributed by atoms with Gasteiger partial charge in [0.2, 0.25) is 0 Å². The van der Waals surface area contributed by atoms with Crippen molar-refractivity contribution >= 4 is 16.7 Å². The number of guanidine groups is 1. The summed E-state index contributed by atoms with van der Waals surface area (Å²) < 4.78 is 0. The molecule has 25 heavy (non-hydrogen) atoms. The van der Waals surface area contributed by atoms with E-state index >= 15 is 0 Å². The van der Waals surface area contributed by atoms with E-state index < -0.39 is 0 Å². The first kappa shape index (κ1) is 17.0. The van der Waals surface area contributed by atoms with Gasteiger partial charge < -0.3 is 10.6 Å². The van der Waals surface area contributed by atoms with Gasteiger partial charge in [0, 0.05) is 25.2 Å². The molecule has 1 heterocycles. The highest BCUT2D eigenvalue weighted by molar-refractivity contribution is 5.85. The third-order valence-electron chi connectivity index (χ3n) is 4.35. The van der Waals surface area contributed by atoms with Crippen LogP contribution < -0.4 is 10.6 Å². The average Bonchev–Trinajstić information content (AvgIpc) is 2.68. The molecule has 0 aliphatic carbocycles. The lowest BCUT2D eigenvalue weighted by atomic mass is 10.1. The number of fused-ring (bicyclic) bond motifs is 1. The first-order valence-corrected chi connectivity index (χ1v) is 8.65. The molecule has 0 saturated heterocycles. The minimum Gasteiger partial charge on any atom is -0.352 e. The van der Waals surface area contributed by atoms with Crippen molar-refractivity contribution in [3.8, 4) is 0 Å². The minimum absolute atomic E-state index is 0.635. The van der Waals surface area contributed by atoms with Gasteiger partial charge >= 0.3 is 0 Å². The highest BCUT2D eigenvalue weighted by Gasteiger charge is 2.05. The first-order chi connectivity index (χ1) is 12.3. The molecule has 1 aromatic heterocycles. The largest absolute Gasteiger partial charge is 0.352 e. The highest BCUT2D eigenvalue weighted by atomic mass is 15.2. The lowest BCUT2D eigenvalue weighted by Gasteiger charge is -2.14. The van der Waals surface area contributed by atoms with E-state index in [0.717, 1.165) is 24.6 Å². The lowest BCUT2D eigenvalue weighted by Crippen LogP contribution is -2.36. The molecule has 4 heteroatoms. The van der Waals surface area contributed by atoms with E-state index in [4.69, 9.17) is 0 Å². The summed E-state index contributed by atoms with van der Waals surface area (Å²) in [4.78, 5) is 8.83. The molecule has 0 radical (unpaired) electrons. The van der Waals surface area contributed by atoms with Crippen LogP contribution in [-0.4, -0.2) is 18.0 Å². The van der Waals surface area contributed by atoms with E-state index in [1.807, 2.05) is 24.4 Å². The van der Waals surface area contributed by atoms with Crippen molar-refractivity contribution in [3.63, 3.8) is 0 Å². The highest BCUT2D eigenvalue weighted by Crippen LogP contribution is 2.16. The maximum atomic E-state index is 4.51. The zero-order chi connectivity index (χ0) is 17.5. The Morgan fingerprint density at radius 2 is 1.64 bits per heavy atom. The van der Waals surface area contributed by atoms with Gasteiger partial charge in [0.1, 0.15) is 0 Å². The van der Waals surface area contributed by atoms with Gasteiger partial charge in [-0.3, -0.25) is 9.98 Å². The molecule has 0 spiro atoms. The molecule has 4 nitrogen and oxygen atoms in total. The summed E-state index contributed by atoms with van der Waals surface area (Å²) in [5.41, 5.74) is 3.69. The van der Waals surface area contributed by atoms with Gasteiger partial charge in [0.25, 0.3) is 0 Å². The van der Waals surface area contributed by atoms with E-state index in [2.05, 4.69) is 63.9 Å². The predicted octanol–water partition coefficient (Wildman–Crippen LogP) is 3.66. The predicted molar refractivity (Wildman–Crippen MR) is 105 cm³/mol. The number of hydrogen-bond acceptors (Lipinski definition) is 2. The zero-order valence-corrected chi connectivity index (χ0v) is 14.8. The van der Waals surface area contributed by atoms with Gasteiger partial charge in [0.05, 0.1) is 12.2 Å². The minimum atomic E-state index is 0.635. The van der Waals surface area contributed by atoms with E-state index in [1.54, 1.807) is 7.05 Å². The summed E-state index contributed by atoms with van der Waals surface area (Å²) in [7, 11) is 1.79. The van der Waals surface area contributed by atoms with Crippen LogP contribution in [0, 0.1) is 0 Å². The van der Waals surface area contributed by atoms with Gasteiger partial charge in [-0.15, -0.1) is 0 Å². The van der Waals surface area contributed by atoms with E-state index in [1.165, 1.54) is 21.9 Å². The topological polar surface area (TPSA) is 49.3 Å². The van der Waals surface area contributed by atoms with Crippen molar-refractivity contribution in [3.05, 3.63) is 77.6 Å². The van der Waals surface area contributed by atoms with Crippen LogP contribution >= 0.6 is 0 Å². The average molecular weight is 332 g/mol. The van der Waals surface area contributed by atoms with Crippen LogP contribution in [0.4, 0.5) is 0 Å². The summed E-state index contributed by atoms with van der Waals surface area (Å²) in [5, 5.41) is 9.13. The normalized spacial score (nSPS) is 11.5. The van der Waals surface area contributed by atoms with Crippen LogP contribution in [0.25, 0.3) is 10.8 Å². The van der Waals surface area contributed by atoms with Gasteiger partial charge in [0.15, 0.2) is 5.96 Å². The van der Waals surface area contributed by atoms with Crippen LogP contribution in [0.2, 0.25) is 0 Å². The molecule has 0 unspecified atom stereocenters. The Balaban J connectivity index is 1.65. The summed E-state index contributed by atoms with van der Waals surface area (Å²) in [6.07, 6.45) is 2.89. The number of rotatable bonds is 5. The SMILES string of the molecule is CCc1ccccc1CNC(=NC)NCc1nccc2ccccc12. The monoisotopic (exact) mass is 332 g/mol. The van der Waals surface area contributed by atoms with Crippen LogP contribution in [0.5, 0.6) is 0 Å². The fraction of sp³-hybridized carbons (Fsp3) is 0.238. The molecule has 0 bridgehead atoms. The summed E-state index contributed by atoms with van der Waals surface area (Å²) in [5.74, 6) is 0.778. The second-order valence-electron chi connectivity index (χ2n) is 5.88. The van der Waals surface area contributed by atoms with Crippen LogP contribution in [0.15, 0.2) is 65.8 Å². The van der Waals surface area contributed by atoms with E-state index in [9.17, 15) is 0 Å². The molecule has 0 saturated carbocycles. The lowest BCUT2D eigenvalue weighted by molar-refractivity contribution is 0.794. The molecule has 3 aromatic rings. The van der Waals surface area contributed by atoms with Crippen molar-refractivity contribution in [2.45, 2.75) is 26.4 Å². The Kier molecular flexibility index (Phi) is 5.62. The van der Waals surface area contributed by atoms with Crippen molar-refractivity contribution < 1.29 is 0 Å². The van der Waals surface area contributed by atoms with Crippen molar-refractivity contribution in [2.24, 2.45) is 4.99 Å². The maximum absolute atomic E-state index is 4.51. The number of hydrogen-bond donors (Lipinski definition) is 2. The number of pyridine rings is 1. The van der Waals surface area contributed by atoms with Gasteiger partial charge in [-0.2, -0.15) is 0 Å². The van der Waals surface area contributed by atoms with Crippen LogP contribution in [-0.2, 0) is 19.5 Å². The van der Waals surface area contributed by atoms with Crippen LogP contribution in [0.3, 0.4) is 0 Å². The molecule has 128 valence electrons. The summed E-state index contributed by atoms with van der Waals surface area (Å²) in [6, 6.07) is 18.8. The molecule has 0 fully saturated rings. The molecule has 0 aliphatic rings. The van der Waals surface area contributed by atoms with Gasteiger partial charge in [-0.1, -0.05) is 55.5 Å².